The molecule has 1 aromatic heterocycles. The molecule has 0 radical (unpaired) electrons. The number of amides is 1. The van der Waals surface area contributed by atoms with Gasteiger partial charge in [0.05, 0.1) is 5.56 Å². The highest BCUT2D eigenvalue weighted by Gasteiger charge is 2.10. The minimum absolute atomic E-state index is 0.0572. The predicted molar refractivity (Wildman–Crippen MR) is 81.0 cm³/mol. The fraction of sp³-hybridized carbons (Fsp3) is 0.250. The number of nitrogens with one attached hydrogen (secondary N) is 2. The van der Waals surface area contributed by atoms with E-state index in [0.29, 0.717) is 12.1 Å². The average molecular weight is 269 g/mol. The van der Waals surface area contributed by atoms with Crippen LogP contribution < -0.4 is 10.6 Å². The second-order valence-electron chi connectivity index (χ2n) is 4.67. The van der Waals surface area contributed by atoms with Crippen molar-refractivity contribution in [3.63, 3.8) is 0 Å². The van der Waals surface area contributed by atoms with E-state index in [2.05, 4.69) is 15.6 Å². The molecule has 0 aliphatic rings. The first-order chi connectivity index (χ1) is 9.70. The van der Waals surface area contributed by atoms with Gasteiger partial charge in [0.2, 0.25) is 0 Å². The van der Waals surface area contributed by atoms with Crippen LogP contribution in [0.2, 0.25) is 0 Å². The highest BCUT2D eigenvalue weighted by Crippen LogP contribution is 2.16. The zero-order valence-electron chi connectivity index (χ0n) is 11.8. The van der Waals surface area contributed by atoms with E-state index in [1.807, 2.05) is 50.5 Å². The Bertz CT molecular complexity index is 582. The Morgan fingerprint density at radius 3 is 2.85 bits per heavy atom. The summed E-state index contributed by atoms with van der Waals surface area (Å²) in [5.41, 5.74) is 3.76. The Balaban J connectivity index is 1.95. The van der Waals surface area contributed by atoms with Crippen molar-refractivity contribution in [2.45, 2.75) is 13.3 Å². The van der Waals surface area contributed by atoms with Crippen molar-refractivity contribution in [1.29, 1.82) is 0 Å². The number of carbonyl (C=O) groups excluding carboxylic acids is 1. The van der Waals surface area contributed by atoms with Crippen molar-refractivity contribution in [3.8, 4) is 0 Å². The lowest BCUT2D eigenvalue weighted by Crippen LogP contribution is -2.26. The lowest BCUT2D eigenvalue weighted by atomic mass is 10.1. The first kappa shape index (κ1) is 14.1. The molecule has 4 nitrogen and oxygen atoms in total. The van der Waals surface area contributed by atoms with Crippen LogP contribution in [0.1, 0.15) is 21.5 Å². The van der Waals surface area contributed by atoms with Crippen LogP contribution in [0, 0.1) is 6.92 Å². The first-order valence-corrected chi connectivity index (χ1v) is 6.66. The maximum Gasteiger partial charge on any atom is 0.253 e. The van der Waals surface area contributed by atoms with Gasteiger partial charge >= 0.3 is 0 Å². The molecule has 0 aliphatic heterocycles. The van der Waals surface area contributed by atoms with Crippen LogP contribution in [0.3, 0.4) is 0 Å². The molecule has 20 heavy (non-hydrogen) atoms. The van der Waals surface area contributed by atoms with Crippen LogP contribution >= 0.6 is 0 Å². The number of hydrogen-bond acceptors (Lipinski definition) is 3. The van der Waals surface area contributed by atoms with E-state index in [-0.39, 0.29) is 5.91 Å². The minimum Gasteiger partial charge on any atom is -0.387 e. The Morgan fingerprint density at radius 1 is 1.30 bits per heavy atom. The molecular formula is C16H19N3O. The van der Waals surface area contributed by atoms with E-state index in [4.69, 9.17) is 0 Å². The second-order valence-corrected chi connectivity index (χ2v) is 4.67. The highest BCUT2D eigenvalue weighted by atomic mass is 16.1. The molecule has 0 spiro atoms. The molecular weight excluding hydrogens is 250 g/mol. The van der Waals surface area contributed by atoms with Gasteiger partial charge < -0.3 is 10.6 Å². The van der Waals surface area contributed by atoms with Crippen LogP contribution in [-0.4, -0.2) is 24.5 Å². The van der Waals surface area contributed by atoms with E-state index >= 15 is 0 Å². The number of hydrogen-bond donors (Lipinski definition) is 2. The molecule has 104 valence electrons. The zero-order valence-corrected chi connectivity index (χ0v) is 11.8. The topological polar surface area (TPSA) is 54.0 Å². The van der Waals surface area contributed by atoms with Crippen LogP contribution in [0.15, 0.2) is 42.7 Å². The summed E-state index contributed by atoms with van der Waals surface area (Å²) in [5, 5.41) is 5.99. The van der Waals surface area contributed by atoms with Gasteiger partial charge in [-0.3, -0.25) is 9.78 Å². The van der Waals surface area contributed by atoms with Crippen molar-refractivity contribution in [1.82, 2.24) is 10.3 Å². The third kappa shape index (κ3) is 3.57. The third-order valence-electron chi connectivity index (χ3n) is 3.11. The SMILES string of the molecule is CNc1cc(C)ccc1C(=O)NCCc1cccnc1. The number of carbonyl (C=O) groups is 1. The first-order valence-electron chi connectivity index (χ1n) is 6.66. The van der Waals surface area contributed by atoms with Crippen LogP contribution in [0.5, 0.6) is 0 Å². The lowest BCUT2D eigenvalue weighted by Gasteiger charge is -2.10. The largest absolute Gasteiger partial charge is 0.387 e. The summed E-state index contributed by atoms with van der Waals surface area (Å²) >= 11 is 0. The summed E-state index contributed by atoms with van der Waals surface area (Å²) in [6, 6.07) is 9.66. The number of nitrogens with zero attached hydrogens (tertiary/aromatic N) is 1. The van der Waals surface area contributed by atoms with Gasteiger partial charge in [-0.05, 0) is 42.7 Å². The molecule has 0 bridgehead atoms. The van der Waals surface area contributed by atoms with Gasteiger partial charge in [0, 0.05) is 31.7 Å². The van der Waals surface area contributed by atoms with Gasteiger partial charge in [0.1, 0.15) is 0 Å². The molecule has 1 amide bonds. The van der Waals surface area contributed by atoms with E-state index in [0.717, 1.165) is 23.2 Å². The molecule has 1 heterocycles. The normalized spacial score (nSPS) is 10.1. The van der Waals surface area contributed by atoms with E-state index in [1.165, 1.54) is 0 Å². The van der Waals surface area contributed by atoms with Crippen molar-refractivity contribution in [2.24, 2.45) is 0 Å². The summed E-state index contributed by atoms with van der Waals surface area (Å²) < 4.78 is 0. The quantitative estimate of drug-likeness (QED) is 0.876. The molecule has 0 aliphatic carbocycles. The number of anilines is 1. The molecule has 0 fully saturated rings. The molecule has 0 atom stereocenters. The van der Waals surface area contributed by atoms with Crippen molar-refractivity contribution >= 4 is 11.6 Å². The maximum atomic E-state index is 12.2. The fourth-order valence-electron chi connectivity index (χ4n) is 2.02. The molecule has 0 unspecified atom stereocenters. The average Bonchev–Trinajstić information content (AvgIpc) is 2.48. The van der Waals surface area contributed by atoms with Crippen molar-refractivity contribution in [3.05, 3.63) is 59.4 Å². The van der Waals surface area contributed by atoms with Crippen molar-refractivity contribution in [2.75, 3.05) is 18.9 Å². The van der Waals surface area contributed by atoms with Gasteiger partial charge in [0.15, 0.2) is 0 Å². The third-order valence-corrected chi connectivity index (χ3v) is 3.11. The standard InChI is InChI=1S/C16H19N3O/c1-12-5-6-14(15(10-12)17-2)16(20)19-9-7-13-4-3-8-18-11-13/h3-6,8,10-11,17H,7,9H2,1-2H3,(H,19,20). The van der Waals surface area contributed by atoms with Crippen LogP contribution in [0.4, 0.5) is 5.69 Å². The summed E-state index contributed by atoms with van der Waals surface area (Å²) in [6.07, 6.45) is 4.34. The van der Waals surface area contributed by atoms with Crippen LogP contribution in [0.25, 0.3) is 0 Å². The molecule has 4 heteroatoms. The summed E-state index contributed by atoms with van der Waals surface area (Å²) in [6.45, 7) is 2.60. The highest BCUT2D eigenvalue weighted by molar-refractivity contribution is 5.99. The second kappa shape index (κ2) is 6.70. The van der Waals surface area contributed by atoms with Gasteiger partial charge in [-0.25, -0.2) is 0 Å². The molecule has 0 saturated carbocycles. The van der Waals surface area contributed by atoms with Gasteiger partial charge in [-0.15, -0.1) is 0 Å². The number of aromatic nitrogens is 1. The molecule has 2 aromatic rings. The minimum atomic E-state index is -0.0572. The number of pyridine rings is 1. The number of aryl methyl sites for hydroxylation is 1. The maximum absolute atomic E-state index is 12.2. The molecule has 1 aromatic carbocycles. The van der Waals surface area contributed by atoms with Crippen LogP contribution in [-0.2, 0) is 6.42 Å². The zero-order chi connectivity index (χ0) is 14.4. The Morgan fingerprint density at radius 2 is 2.15 bits per heavy atom. The molecule has 2 N–H and O–H groups in total. The molecule has 0 saturated heterocycles. The summed E-state index contributed by atoms with van der Waals surface area (Å²) in [7, 11) is 1.82. The van der Waals surface area contributed by atoms with Gasteiger partial charge in [0.25, 0.3) is 5.91 Å². The predicted octanol–water partition coefficient (Wildman–Crippen LogP) is 2.40. The smallest absolute Gasteiger partial charge is 0.253 e. The van der Waals surface area contributed by atoms with E-state index < -0.39 is 0 Å². The lowest BCUT2D eigenvalue weighted by molar-refractivity contribution is 0.0955. The van der Waals surface area contributed by atoms with Gasteiger partial charge in [-0.2, -0.15) is 0 Å². The number of benzene rings is 1. The van der Waals surface area contributed by atoms with E-state index in [9.17, 15) is 4.79 Å². The van der Waals surface area contributed by atoms with E-state index in [1.54, 1.807) is 6.20 Å². The summed E-state index contributed by atoms with van der Waals surface area (Å²) in [5.74, 6) is -0.0572. The van der Waals surface area contributed by atoms with Gasteiger partial charge in [-0.1, -0.05) is 12.1 Å². The monoisotopic (exact) mass is 269 g/mol. The molecule has 2 rings (SSSR count). The Labute approximate surface area is 119 Å². The Hall–Kier alpha value is -2.36. The Kier molecular flexibility index (Phi) is 4.71. The van der Waals surface area contributed by atoms with Crippen molar-refractivity contribution < 1.29 is 4.79 Å². The number of rotatable bonds is 5. The summed E-state index contributed by atoms with van der Waals surface area (Å²) in [4.78, 5) is 16.2. The fourth-order valence-corrected chi connectivity index (χ4v) is 2.02.